The summed E-state index contributed by atoms with van der Waals surface area (Å²) < 4.78 is 7.84. The molecule has 3 N–H and O–H groups in total. The van der Waals surface area contributed by atoms with E-state index in [1.807, 2.05) is 17.9 Å². The van der Waals surface area contributed by atoms with Crippen molar-refractivity contribution in [3.05, 3.63) is 40.6 Å². The third-order valence-corrected chi connectivity index (χ3v) is 10.7. The van der Waals surface area contributed by atoms with Crippen LogP contribution in [0.1, 0.15) is 61.9 Å². The molecule has 42 heavy (non-hydrogen) atoms. The minimum absolute atomic E-state index is 0.0141. The number of hydrogen-bond acceptors (Lipinski definition) is 7. The number of rotatable bonds is 7. The first-order chi connectivity index (χ1) is 20.2. The molecule has 4 fully saturated rings. The van der Waals surface area contributed by atoms with Gasteiger partial charge in [0, 0.05) is 97.7 Å². The molecule has 0 radical (unpaired) electrons. The number of nitrogen functional groups attached to an aromatic ring is 1. The van der Waals surface area contributed by atoms with E-state index in [1.54, 1.807) is 0 Å². The third kappa shape index (κ3) is 4.83. The summed E-state index contributed by atoms with van der Waals surface area (Å²) in [7, 11) is 0. The molecule has 1 aromatic carbocycles. The van der Waals surface area contributed by atoms with Crippen LogP contribution < -0.4 is 10.6 Å². The second-order valence-corrected chi connectivity index (χ2v) is 13.2. The predicted molar refractivity (Wildman–Crippen MR) is 169 cm³/mol. The van der Waals surface area contributed by atoms with Gasteiger partial charge in [0.1, 0.15) is 0 Å². The maximum absolute atomic E-state index is 12.1. The summed E-state index contributed by atoms with van der Waals surface area (Å²) in [6.07, 6.45) is 7.91. The van der Waals surface area contributed by atoms with Crippen molar-refractivity contribution in [3.63, 3.8) is 0 Å². The van der Waals surface area contributed by atoms with Crippen molar-refractivity contribution in [1.29, 1.82) is 5.41 Å². The van der Waals surface area contributed by atoms with Gasteiger partial charge in [-0.05, 0) is 63.7 Å². The summed E-state index contributed by atoms with van der Waals surface area (Å²) in [4.78, 5) is 19.1. The highest BCUT2D eigenvalue weighted by Crippen LogP contribution is 2.55. The number of likely N-dealkylation sites (tertiary alicyclic amines) is 1. The molecule has 6 rings (SSSR count). The number of aromatic nitrogens is 2. The lowest BCUT2D eigenvalue weighted by Crippen LogP contribution is -2.63. The lowest BCUT2D eigenvalue weighted by Gasteiger charge is -2.58. The van der Waals surface area contributed by atoms with E-state index in [0.717, 1.165) is 106 Å². The zero-order valence-electron chi connectivity index (χ0n) is 25.2. The van der Waals surface area contributed by atoms with E-state index >= 15 is 0 Å². The van der Waals surface area contributed by atoms with Crippen molar-refractivity contribution in [2.75, 3.05) is 56.6 Å². The first kappa shape index (κ1) is 29.2. The largest absolute Gasteiger partial charge is 0.398 e. The van der Waals surface area contributed by atoms with Crippen LogP contribution in [0, 0.1) is 24.7 Å². The number of carbonyl (C=O) groups excluding carboxylic acids is 1. The molecule has 9 nitrogen and oxygen atoms in total. The van der Waals surface area contributed by atoms with Crippen molar-refractivity contribution in [2.24, 2.45) is 5.41 Å². The SMILES string of the molecule is C=CC(=O)N1CC2(CC(n3nc(N4CCN(C5CCOCC5)CC4CC)c(-c4c(Cl)c(C)cc(N)c4C=N)c3C)C2)C1. The van der Waals surface area contributed by atoms with Crippen LogP contribution in [-0.2, 0) is 9.53 Å². The van der Waals surface area contributed by atoms with Crippen LogP contribution in [0.2, 0.25) is 5.02 Å². The van der Waals surface area contributed by atoms with Gasteiger partial charge in [-0.15, -0.1) is 0 Å². The van der Waals surface area contributed by atoms with Crippen molar-refractivity contribution >= 4 is 35.2 Å². The molecule has 2 aromatic rings. The van der Waals surface area contributed by atoms with Crippen molar-refractivity contribution in [2.45, 2.75) is 71.0 Å². The first-order valence-corrected chi connectivity index (χ1v) is 15.8. The van der Waals surface area contributed by atoms with E-state index < -0.39 is 0 Å². The summed E-state index contributed by atoms with van der Waals surface area (Å²) in [6.45, 7) is 16.1. The molecule has 0 bridgehead atoms. The Kier molecular flexibility index (Phi) is 7.87. The summed E-state index contributed by atoms with van der Waals surface area (Å²) in [5, 5.41) is 14.3. The van der Waals surface area contributed by atoms with Crippen LogP contribution in [0.5, 0.6) is 0 Å². The van der Waals surface area contributed by atoms with E-state index in [0.29, 0.717) is 28.4 Å². The molecular weight excluding hydrogens is 550 g/mol. The van der Waals surface area contributed by atoms with Crippen LogP contribution in [0.25, 0.3) is 11.1 Å². The van der Waals surface area contributed by atoms with Crippen molar-refractivity contribution in [1.82, 2.24) is 19.6 Å². The van der Waals surface area contributed by atoms with Gasteiger partial charge >= 0.3 is 0 Å². The van der Waals surface area contributed by atoms with Crippen molar-refractivity contribution < 1.29 is 9.53 Å². The average Bonchev–Trinajstić information content (AvgIpc) is 3.29. The molecule has 3 aliphatic heterocycles. The lowest BCUT2D eigenvalue weighted by atomic mass is 9.60. The molecule has 226 valence electrons. The predicted octanol–water partition coefficient (Wildman–Crippen LogP) is 4.83. The molecule has 1 atom stereocenters. The molecule has 10 heteroatoms. The molecular formula is C32H44ClN7O2. The van der Waals surface area contributed by atoms with Gasteiger partial charge in [0.2, 0.25) is 5.91 Å². The number of piperazine rings is 1. The van der Waals surface area contributed by atoms with Crippen molar-refractivity contribution in [3.8, 4) is 11.1 Å². The van der Waals surface area contributed by atoms with E-state index in [4.69, 9.17) is 32.6 Å². The maximum Gasteiger partial charge on any atom is 0.245 e. The number of amides is 1. The fraction of sp³-hybridized carbons (Fsp3) is 0.594. The normalized spacial score (nSPS) is 23.1. The molecule has 1 unspecified atom stereocenters. The van der Waals surface area contributed by atoms with Gasteiger partial charge in [-0.1, -0.05) is 25.1 Å². The smallest absolute Gasteiger partial charge is 0.245 e. The highest BCUT2D eigenvalue weighted by atomic mass is 35.5. The Labute approximate surface area is 254 Å². The zero-order chi connectivity index (χ0) is 29.8. The quantitative estimate of drug-likeness (QED) is 0.271. The maximum atomic E-state index is 12.1. The van der Waals surface area contributed by atoms with Crippen LogP contribution in [0.15, 0.2) is 18.7 Å². The van der Waals surface area contributed by atoms with Crippen LogP contribution in [-0.4, -0.2) is 89.7 Å². The molecule has 1 aromatic heterocycles. The summed E-state index contributed by atoms with van der Waals surface area (Å²) in [5.41, 5.74) is 11.6. The number of aryl methyl sites for hydroxylation is 1. The van der Waals surface area contributed by atoms with Crippen LogP contribution in [0.3, 0.4) is 0 Å². The Morgan fingerprint density at radius 2 is 1.93 bits per heavy atom. The minimum atomic E-state index is 0.0141. The number of nitrogens with one attached hydrogen (secondary N) is 1. The molecule has 3 saturated heterocycles. The fourth-order valence-electron chi connectivity index (χ4n) is 7.90. The number of hydrogen-bond donors (Lipinski definition) is 2. The van der Waals surface area contributed by atoms with E-state index in [-0.39, 0.29) is 17.4 Å². The Hall–Kier alpha value is -2.88. The number of nitrogens with two attached hydrogens (primary N) is 1. The molecule has 1 spiro atoms. The highest BCUT2D eigenvalue weighted by Gasteiger charge is 2.54. The zero-order valence-corrected chi connectivity index (χ0v) is 25.9. The lowest BCUT2D eigenvalue weighted by molar-refractivity contribution is -0.149. The summed E-state index contributed by atoms with van der Waals surface area (Å²) >= 11 is 7.05. The Morgan fingerprint density at radius 1 is 1.21 bits per heavy atom. The highest BCUT2D eigenvalue weighted by molar-refractivity contribution is 6.35. The number of halogens is 1. The molecule has 1 aliphatic carbocycles. The van der Waals surface area contributed by atoms with Gasteiger partial charge in [-0.3, -0.25) is 14.4 Å². The first-order valence-electron chi connectivity index (χ1n) is 15.4. The Bertz CT molecular complexity index is 1380. The monoisotopic (exact) mass is 593 g/mol. The van der Waals surface area contributed by atoms with E-state index in [9.17, 15) is 4.79 Å². The third-order valence-electron chi connectivity index (χ3n) is 10.2. The number of nitrogens with zero attached hydrogens (tertiary/aromatic N) is 5. The van der Waals surface area contributed by atoms with E-state index in [2.05, 4.69) is 34.9 Å². The number of anilines is 2. The van der Waals surface area contributed by atoms with Gasteiger partial charge in [0.15, 0.2) is 5.82 Å². The minimum Gasteiger partial charge on any atom is -0.398 e. The van der Waals surface area contributed by atoms with Gasteiger partial charge in [-0.25, -0.2) is 0 Å². The number of carbonyl (C=O) groups is 1. The van der Waals surface area contributed by atoms with Gasteiger partial charge < -0.3 is 25.7 Å². The molecule has 4 aliphatic rings. The Morgan fingerprint density at radius 3 is 2.57 bits per heavy atom. The average molecular weight is 594 g/mol. The summed E-state index contributed by atoms with van der Waals surface area (Å²) in [6, 6.07) is 3.00. The second kappa shape index (κ2) is 11.3. The molecule has 1 saturated carbocycles. The Balaban J connectivity index is 1.37. The van der Waals surface area contributed by atoms with Crippen LogP contribution in [0.4, 0.5) is 11.5 Å². The summed E-state index contributed by atoms with van der Waals surface area (Å²) in [5.74, 6) is 0.958. The fourth-order valence-corrected chi connectivity index (χ4v) is 8.15. The van der Waals surface area contributed by atoms with E-state index in [1.165, 1.54) is 12.3 Å². The van der Waals surface area contributed by atoms with Gasteiger partial charge in [-0.2, -0.15) is 5.10 Å². The molecule has 1 amide bonds. The standard InChI is InChI=1S/C32H44ClN7O2/c1-5-22-17-37(23-7-11-42-12-8-23)9-10-39(22)31-28(29-25(16-34)26(35)13-20(3)30(29)33)21(4)40(36-31)24-14-32(15-24)18-38(19-32)27(41)6-2/h6,13,16,22-24,34H,2,5,7-12,14-15,17-19,35H2,1,3-4H3. The number of benzene rings is 1. The van der Waals surface area contributed by atoms with Gasteiger partial charge in [0.05, 0.1) is 11.1 Å². The number of ether oxygens (including phenoxy) is 1. The van der Waals surface area contributed by atoms with Crippen LogP contribution >= 0.6 is 11.6 Å². The topological polar surface area (TPSA) is 104 Å². The molecule has 4 heterocycles. The van der Waals surface area contributed by atoms with Gasteiger partial charge in [0.25, 0.3) is 0 Å². The second-order valence-electron chi connectivity index (χ2n) is 12.8.